The van der Waals surface area contributed by atoms with Crippen LogP contribution in [0, 0.1) is 0 Å². The van der Waals surface area contributed by atoms with Crippen LogP contribution in [0.1, 0.15) is 36.0 Å². The number of benzene rings is 2. The van der Waals surface area contributed by atoms with Crippen molar-refractivity contribution in [1.29, 1.82) is 0 Å². The van der Waals surface area contributed by atoms with Gasteiger partial charge in [-0.25, -0.2) is 18.2 Å². The quantitative estimate of drug-likeness (QED) is 0.536. The summed E-state index contributed by atoms with van der Waals surface area (Å²) in [6.45, 7) is 0.946. The maximum Gasteiger partial charge on any atom is 0.336 e. The lowest BCUT2D eigenvalue weighted by molar-refractivity contribution is 0.0699. The number of hydrogen-bond acceptors (Lipinski definition) is 4. The highest BCUT2D eigenvalue weighted by Gasteiger charge is 2.26. The van der Waals surface area contributed by atoms with Crippen molar-refractivity contribution in [3.63, 3.8) is 0 Å². The number of carboxylic acid groups (broad SMARTS) is 1. The fourth-order valence-electron chi connectivity index (χ4n) is 3.78. The minimum Gasteiger partial charge on any atom is -0.478 e. The predicted octanol–water partition coefficient (Wildman–Crippen LogP) is 5.47. The van der Waals surface area contributed by atoms with Crippen LogP contribution in [0.5, 0.6) is 0 Å². The van der Waals surface area contributed by atoms with Crippen molar-refractivity contribution in [2.24, 2.45) is 0 Å². The molecule has 162 valence electrons. The minimum absolute atomic E-state index is 0.0287. The Morgan fingerprint density at radius 2 is 1.65 bits per heavy atom. The molecule has 0 amide bonds. The van der Waals surface area contributed by atoms with Crippen LogP contribution < -0.4 is 0 Å². The van der Waals surface area contributed by atoms with Gasteiger partial charge in [0.05, 0.1) is 31.7 Å². The number of sulfonamides is 1. The smallest absolute Gasteiger partial charge is 0.336 e. The van der Waals surface area contributed by atoms with Crippen molar-refractivity contribution in [2.45, 2.75) is 30.6 Å². The highest BCUT2D eigenvalue weighted by molar-refractivity contribution is 7.89. The highest BCUT2D eigenvalue weighted by atomic mass is 35.5. The molecule has 9 heteroatoms. The number of hydrogen-bond donors (Lipinski definition) is 1. The Morgan fingerprint density at radius 1 is 0.935 bits per heavy atom. The van der Waals surface area contributed by atoms with E-state index >= 15 is 0 Å². The van der Waals surface area contributed by atoms with Crippen molar-refractivity contribution in [1.82, 2.24) is 9.29 Å². The number of aromatic nitrogens is 1. The van der Waals surface area contributed by atoms with E-state index in [2.05, 4.69) is 4.98 Å². The van der Waals surface area contributed by atoms with Crippen LogP contribution in [-0.4, -0.2) is 41.9 Å². The molecule has 1 aromatic heterocycles. The van der Waals surface area contributed by atoms with Crippen molar-refractivity contribution in [2.75, 3.05) is 13.1 Å². The largest absolute Gasteiger partial charge is 0.478 e. The molecule has 1 saturated heterocycles. The second kappa shape index (κ2) is 8.74. The van der Waals surface area contributed by atoms with Gasteiger partial charge in [0, 0.05) is 24.0 Å². The lowest BCUT2D eigenvalue weighted by atomic mass is 10.0. The number of rotatable bonds is 4. The third-order valence-electron chi connectivity index (χ3n) is 5.43. The molecule has 0 atom stereocenters. The first kappa shape index (κ1) is 22.0. The molecule has 1 aliphatic rings. The molecule has 4 rings (SSSR count). The van der Waals surface area contributed by atoms with Crippen molar-refractivity contribution >= 4 is 50.1 Å². The summed E-state index contributed by atoms with van der Waals surface area (Å²) in [7, 11) is -3.71. The van der Waals surface area contributed by atoms with Crippen molar-refractivity contribution in [3.8, 4) is 11.3 Å². The molecule has 31 heavy (non-hydrogen) atoms. The molecule has 2 aromatic carbocycles. The van der Waals surface area contributed by atoms with Gasteiger partial charge < -0.3 is 5.11 Å². The molecule has 1 fully saturated rings. The number of carbonyl (C=O) groups is 1. The Bertz CT molecular complexity index is 1270. The summed E-state index contributed by atoms with van der Waals surface area (Å²) >= 11 is 12.1. The van der Waals surface area contributed by atoms with Gasteiger partial charge in [0.2, 0.25) is 10.0 Å². The molecule has 6 nitrogen and oxygen atoms in total. The van der Waals surface area contributed by atoms with Gasteiger partial charge in [-0.3, -0.25) is 0 Å². The number of halogens is 2. The number of pyridine rings is 1. The first-order valence-electron chi connectivity index (χ1n) is 9.91. The van der Waals surface area contributed by atoms with Gasteiger partial charge in [-0.05, 0) is 49.2 Å². The maximum atomic E-state index is 13.2. The van der Waals surface area contributed by atoms with E-state index in [0.717, 1.165) is 25.7 Å². The van der Waals surface area contributed by atoms with Crippen LogP contribution in [0.3, 0.4) is 0 Å². The monoisotopic (exact) mass is 478 g/mol. The van der Waals surface area contributed by atoms with Crippen LogP contribution in [-0.2, 0) is 10.0 Å². The number of carboxylic acids is 1. The summed E-state index contributed by atoms with van der Waals surface area (Å²) in [6.07, 6.45) is 3.66. The lowest BCUT2D eigenvalue weighted by Gasteiger charge is -2.20. The molecule has 3 aromatic rings. The molecule has 0 saturated carbocycles. The minimum atomic E-state index is -3.71. The van der Waals surface area contributed by atoms with E-state index in [4.69, 9.17) is 23.2 Å². The molecule has 1 aliphatic heterocycles. The fraction of sp³-hybridized carbons (Fsp3) is 0.273. The van der Waals surface area contributed by atoms with Gasteiger partial charge in [0.15, 0.2) is 0 Å². The Labute approximate surface area is 190 Å². The first-order chi connectivity index (χ1) is 14.8. The second-order valence-electron chi connectivity index (χ2n) is 7.49. The van der Waals surface area contributed by atoms with Gasteiger partial charge in [-0.1, -0.05) is 42.1 Å². The van der Waals surface area contributed by atoms with Crippen LogP contribution in [0.15, 0.2) is 47.4 Å². The van der Waals surface area contributed by atoms with E-state index in [-0.39, 0.29) is 15.8 Å². The van der Waals surface area contributed by atoms with Crippen LogP contribution in [0.25, 0.3) is 22.2 Å². The summed E-state index contributed by atoms with van der Waals surface area (Å²) in [5.74, 6) is -1.17. The Morgan fingerprint density at radius 3 is 2.29 bits per heavy atom. The number of fused-ring (bicyclic) bond motifs is 1. The third kappa shape index (κ3) is 4.41. The first-order valence-corrected chi connectivity index (χ1v) is 12.1. The average Bonchev–Trinajstić information content (AvgIpc) is 3.04. The topological polar surface area (TPSA) is 87.6 Å². The summed E-state index contributed by atoms with van der Waals surface area (Å²) in [5.41, 5.74) is 1.38. The predicted molar refractivity (Wildman–Crippen MR) is 121 cm³/mol. The zero-order chi connectivity index (χ0) is 22.2. The van der Waals surface area contributed by atoms with Gasteiger partial charge in [-0.15, -0.1) is 0 Å². The SMILES string of the molecule is O=C(O)c1cc(-c2ccc(Cl)c(Cl)c2)nc2ccc(S(=O)(=O)N3CCCCCC3)cc12. The van der Waals surface area contributed by atoms with Gasteiger partial charge >= 0.3 is 5.97 Å². The molecule has 2 heterocycles. The van der Waals surface area contributed by atoms with E-state index in [1.807, 2.05) is 0 Å². The van der Waals surface area contributed by atoms with Gasteiger partial charge in [0.1, 0.15) is 0 Å². The van der Waals surface area contributed by atoms with Gasteiger partial charge in [-0.2, -0.15) is 4.31 Å². The maximum absolute atomic E-state index is 13.2. The van der Waals surface area contributed by atoms with Crippen LogP contribution in [0.2, 0.25) is 10.0 Å². The standard InChI is InChI=1S/C22H20Cl2N2O4S/c23-18-7-5-14(11-19(18)24)21-13-17(22(27)28)16-12-15(6-8-20(16)25-21)31(29,30)26-9-3-1-2-4-10-26/h5-8,11-13H,1-4,9-10H2,(H,27,28). The Balaban J connectivity index is 1.83. The third-order valence-corrected chi connectivity index (χ3v) is 8.06. The molecular formula is C22H20Cl2N2O4S. The highest BCUT2D eigenvalue weighted by Crippen LogP contribution is 2.31. The van der Waals surface area contributed by atoms with Crippen LogP contribution in [0.4, 0.5) is 0 Å². The van der Waals surface area contributed by atoms with Crippen molar-refractivity contribution < 1.29 is 18.3 Å². The van der Waals surface area contributed by atoms with Crippen molar-refractivity contribution in [3.05, 3.63) is 58.1 Å². The molecule has 0 radical (unpaired) electrons. The molecule has 0 bridgehead atoms. The van der Waals surface area contributed by atoms with Gasteiger partial charge in [0.25, 0.3) is 0 Å². The molecule has 0 unspecified atom stereocenters. The van der Waals surface area contributed by atoms with E-state index in [0.29, 0.717) is 39.9 Å². The summed E-state index contributed by atoms with van der Waals surface area (Å²) in [5, 5.41) is 10.8. The summed E-state index contributed by atoms with van der Waals surface area (Å²) in [4.78, 5) is 16.6. The number of nitrogens with zero attached hydrogens (tertiary/aromatic N) is 2. The average molecular weight is 479 g/mol. The fourth-order valence-corrected chi connectivity index (χ4v) is 5.62. The van der Waals surface area contributed by atoms with E-state index in [9.17, 15) is 18.3 Å². The molecule has 0 spiro atoms. The zero-order valence-corrected chi connectivity index (χ0v) is 18.8. The Hall–Kier alpha value is -2.19. The van der Waals surface area contributed by atoms with E-state index in [1.54, 1.807) is 24.3 Å². The summed E-state index contributed by atoms with van der Waals surface area (Å²) in [6, 6.07) is 10.8. The molecule has 1 N–H and O–H groups in total. The zero-order valence-electron chi connectivity index (χ0n) is 16.5. The van der Waals surface area contributed by atoms with Crippen LogP contribution >= 0.6 is 23.2 Å². The molecule has 0 aliphatic carbocycles. The molecular weight excluding hydrogens is 459 g/mol. The second-order valence-corrected chi connectivity index (χ2v) is 10.2. The summed E-state index contributed by atoms with van der Waals surface area (Å²) < 4.78 is 27.8. The van der Waals surface area contributed by atoms with E-state index < -0.39 is 16.0 Å². The lowest BCUT2D eigenvalue weighted by Crippen LogP contribution is -2.31. The van der Waals surface area contributed by atoms with E-state index in [1.165, 1.54) is 22.5 Å². The Kier molecular flexibility index (Phi) is 6.21. The normalized spacial score (nSPS) is 15.7. The number of aromatic carboxylic acids is 1.